The predicted molar refractivity (Wildman–Crippen MR) is 114 cm³/mol. The Bertz CT molecular complexity index is 927. The molecule has 2 N–H and O–H groups in total. The number of amidine groups is 1. The van der Waals surface area contributed by atoms with E-state index in [1.165, 1.54) is 23.5 Å². The zero-order valence-corrected chi connectivity index (χ0v) is 17.4. The van der Waals surface area contributed by atoms with Gasteiger partial charge in [-0.05, 0) is 36.9 Å². The van der Waals surface area contributed by atoms with Gasteiger partial charge in [-0.25, -0.2) is 14.8 Å². The van der Waals surface area contributed by atoms with E-state index >= 15 is 0 Å². The third-order valence-corrected chi connectivity index (χ3v) is 5.96. The lowest BCUT2D eigenvalue weighted by atomic mass is 9.98. The zero-order chi connectivity index (χ0) is 20.1. The number of carboxylic acids is 1. The number of aliphatic carboxylic acids is 1. The minimum Gasteiger partial charge on any atom is -0.497 e. The normalized spacial score (nSPS) is 16.4. The molecule has 0 bridgehead atoms. The van der Waals surface area contributed by atoms with Crippen molar-refractivity contribution in [3.05, 3.63) is 65.0 Å². The second-order valence-corrected chi connectivity index (χ2v) is 7.80. The van der Waals surface area contributed by atoms with Crippen LogP contribution in [0.25, 0.3) is 0 Å². The number of ether oxygens (including phenoxy) is 1. The summed E-state index contributed by atoms with van der Waals surface area (Å²) in [5, 5.41) is 14.3. The molecule has 1 atom stereocenters. The third-order valence-electron chi connectivity index (χ3n) is 4.27. The average molecular weight is 416 g/mol. The van der Waals surface area contributed by atoms with Crippen molar-refractivity contribution in [3.63, 3.8) is 0 Å². The van der Waals surface area contributed by atoms with Gasteiger partial charge in [-0.2, -0.15) is 0 Å². The van der Waals surface area contributed by atoms with Crippen molar-refractivity contribution < 1.29 is 14.6 Å². The molecule has 0 saturated carbocycles. The highest BCUT2D eigenvalue weighted by molar-refractivity contribution is 8.13. The van der Waals surface area contributed by atoms with Gasteiger partial charge in [-0.1, -0.05) is 30.0 Å². The number of aromatic nitrogens is 1. The fourth-order valence-electron chi connectivity index (χ4n) is 2.88. The monoisotopic (exact) mass is 415 g/mol. The molecule has 0 amide bonds. The second-order valence-electron chi connectivity index (χ2n) is 6.04. The Kier molecular flexibility index (Phi) is 6.64. The molecule has 2 aromatic rings. The van der Waals surface area contributed by atoms with E-state index in [0.29, 0.717) is 16.6 Å². The van der Waals surface area contributed by atoms with Crippen LogP contribution in [0.1, 0.15) is 24.1 Å². The zero-order valence-electron chi connectivity index (χ0n) is 15.8. The first-order valence-electron chi connectivity index (χ1n) is 8.57. The molecule has 1 aromatic carbocycles. The van der Waals surface area contributed by atoms with Crippen molar-refractivity contribution in [1.29, 1.82) is 0 Å². The molecule has 28 heavy (non-hydrogen) atoms. The number of aliphatic imine (C=N–C) groups is 1. The van der Waals surface area contributed by atoms with Gasteiger partial charge in [-0.15, -0.1) is 11.8 Å². The molecule has 0 fully saturated rings. The molecule has 6 nitrogen and oxygen atoms in total. The SMILES string of the molecule is COc1ccc(CSC2=NC(c3cccnc3SC)C(C(=O)O)=C(C)N2)cc1. The summed E-state index contributed by atoms with van der Waals surface area (Å²) in [5.41, 5.74) is 2.78. The van der Waals surface area contributed by atoms with E-state index in [4.69, 9.17) is 9.73 Å². The number of rotatable bonds is 6. The summed E-state index contributed by atoms with van der Waals surface area (Å²) >= 11 is 3.02. The Hall–Kier alpha value is -2.45. The summed E-state index contributed by atoms with van der Waals surface area (Å²) < 4.78 is 5.18. The highest BCUT2D eigenvalue weighted by Gasteiger charge is 2.30. The topological polar surface area (TPSA) is 83.8 Å². The van der Waals surface area contributed by atoms with E-state index in [0.717, 1.165) is 21.9 Å². The van der Waals surface area contributed by atoms with Gasteiger partial charge in [-0.3, -0.25) is 0 Å². The molecule has 1 unspecified atom stereocenters. The van der Waals surface area contributed by atoms with Gasteiger partial charge in [0.25, 0.3) is 0 Å². The Morgan fingerprint density at radius 3 is 2.68 bits per heavy atom. The number of nitrogens with one attached hydrogen (secondary N) is 1. The summed E-state index contributed by atoms with van der Waals surface area (Å²) in [6.45, 7) is 1.77. The molecule has 3 rings (SSSR count). The first-order valence-corrected chi connectivity index (χ1v) is 10.8. The Balaban J connectivity index is 1.87. The first kappa shape index (κ1) is 20.3. The van der Waals surface area contributed by atoms with Crippen molar-refractivity contribution in [2.75, 3.05) is 13.4 Å². The number of carboxylic acid groups (broad SMARTS) is 1. The van der Waals surface area contributed by atoms with Gasteiger partial charge < -0.3 is 15.2 Å². The minimum atomic E-state index is -0.978. The van der Waals surface area contributed by atoms with Crippen LogP contribution in [0.5, 0.6) is 5.75 Å². The van der Waals surface area contributed by atoms with Crippen molar-refractivity contribution in [3.8, 4) is 5.75 Å². The molecule has 1 aliphatic heterocycles. The van der Waals surface area contributed by atoms with Gasteiger partial charge in [0.2, 0.25) is 0 Å². The van der Waals surface area contributed by atoms with E-state index in [1.54, 1.807) is 20.2 Å². The maximum absolute atomic E-state index is 11.9. The van der Waals surface area contributed by atoms with Crippen LogP contribution in [-0.4, -0.2) is 34.6 Å². The van der Waals surface area contributed by atoms with Crippen molar-refractivity contribution in [1.82, 2.24) is 10.3 Å². The van der Waals surface area contributed by atoms with Crippen LogP contribution in [-0.2, 0) is 10.5 Å². The molecular weight excluding hydrogens is 394 g/mol. The minimum absolute atomic E-state index is 0.247. The van der Waals surface area contributed by atoms with Crippen molar-refractivity contribution in [2.45, 2.75) is 23.7 Å². The van der Waals surface area contributed by atoms with Gasteiger partial charge in [0, 0.05) is 23.2 Å². The maximum Gasteiger partial charge on any atom is 0.335 e. The number of carbonyl (C=O) groups is 1. The molecule has 0 radical (unpaired) electrons. The highest BCUT2D eigenvalue weighted by atomic mass is 32.2. The number of thioether (sulfide) groups is 2. The van der Waals surface area contributed by atoms with E-state index in [9.17, 15) is 9.90 Å². The lowest BCUT2D eigenvalue weighted by Crippen LogP contribution is -2.30. The molecule has 8 heteroatoms. The Morgan fingerprint density at radius 2 is 2.04 bits per heavy atom. The van der Waals surface area contributed by atoms with E-state index in [1.807, 2.05) is 42.7 Å². The number of allylic oxidation sites excluding steroid dienone is 1. The fraction of sp³-hybridized carbons (Fsp3) is 0.250. The van der Waals surface area contributed by atoms with Crippen molar-refractivity contribution >= 4 is 34.7 Å². The fourth-order valence-corrected chi connectivity index (χ4v) is 4.36. The maximum atomic E-state index is 11.9. The van der Waals surface area contributed by atoms with Gasteiger partial charge >= 0.3 is 5.97 Å². The van der Waals surface area contributed by atoms with Crippen LogP contribution < -0.4 is 10.1 Å². The number of methoxy groups -OCH3 is 1. The summed E-state index contributed by atoms with van der Waals surface area (Å²) in [6.07, 6.45) is 3.63. The predicted octanol–water partition coefficient (Wildman–Crippen LogP) is 4.10. The number of hydrogen-bond donors (Lipinski definition) is 2. The summed E-state index contributed by atoms with van der Waals surface area (Å²) in [6, 6.07) is 11.0. The lowest BCUT2D eigenvalue weighted by Gasteiger charge is -2.25. The third kappa shape index (κ3) is 4.51. The smallest absolute Gasteiger partial charge is 0.335 e. The quantitative estimate of drug-likeness (QED) is 0.687. The molecular formula is C20H21N3O3S2. The standard InChI is InChI=1S/C20H21N3O3S2/c1-12-16(19(24)25)17(15-5-4-10-21-18(15)27-3)23-20(22-12)28-11-13-6-8-14(26-2)9-7-13/h4-10,17H,11H2,1-3H3,(H,22,23)(H,24,25). The lowest BCUT2D eigenvalue weighted by molar-refractivity contribution is -0.133. The molecule has 0 spiro atoms. The number of benzene rings is 1. The second kappa shape index (κ2) is 9.16. The van der Waals surface area contributed by atoms with Gasteiger partial charge in [0.1, 0.15) is 16.8 Å². The molecule has 146 valence electrons. The summed E-state index contributed by atoms with van der Waals surface area (Å²) in [5.74, 6) is 0.544. The van der Waals surface area contributed by atoms with Gasteiger partial charge in [0.15, 0.2) is 5.17 Å². The van der Waals surface area contributed by atoms with Crippen LogP contribution in [0.15, 0.2) is 63.9 Å². The number of pyridine rings is 1. The summed E-state index contributed by atoms with van der Waals surface area (Å²) in [4.78, 5) is 21.0. The largest absolute Gasteiger partial charge is 0.497 e. The summed E-state index contributed by atoms with van der Waals surface area (Å²) in [7, 11) is 1.64. The first-order chi connectivity index (χ1) is 13.5. The van der Waals surface area contributed by atoms with E-state index in [-0.39, 0.29) is 5.57 Å². The number of nitrogens with zero attached hydrogens (tertiary/aromatic N) is 2. The molecule has 2 heterocycles. The average Bonchev–Trinajstić information content (AvgIpc) is 2.71. The Labute approximate surface area is 172 Å². The molecule has 0 saturated heterocycles. The highest BCUT2D eigenvalue weighted by Crippen LogP contribution is 2.36. The number of hydrogen-bond acceptors (Lipinski definition) is 7. The molecule has 1 aliphatic rings. The molecule has 0 aliphatic carbocycles. The van der Waals surface area contributed by atoms with Crippen LogP contribution in [0, 0.1) is 0 Å². The Morgan fingerprint density at radius 1 is 1.29 bits per heavy atom. The molecule has 1 aromatic heterocycles. The van der Waals surface area contributed by atoms with E-state index in [2.05, 4.69) is 10.3 Å². The van der Waals surface area contributed by atoms with Crippen LogP contribution in [0.2, 0.25) is 0 Å². The van der Waals surface area contributed by atoms with Crippen LogP contribution in [0.4, 0.5) is 0 Å². The van der Waals surface area contributed by atoms with Crippen LogP contribution >= 0.6 is 23.5 Å². The van der Waals surface area contributed by atoms with Crippen LogP contribution in [0.3, 0.4) is 0 Å². The van der Waals surface area contributed by atoms with Gasteiger partial charge in [0.05, 0.1) is 12.7 Å². The van der Waals surface area contributed by atoms with E-state index < -0.39 is 12.0 Å². The van der Waals surface area contributed by atoms with Crippen molar-refractivity contribution in [2.24, 2.45) is 4.99 Å².